The number of carbonyl (C=O) groups is 1. The summed E-state index contributed by atoms with van der Waals surface area (Å²) in [5.74, 6) is -2.56. The molecule has 0 atom stereocenters. The van der Waals surface area contributed by atoms with Gasteiger partial charge in [-0.25, -0.2) is 27.0 Å². The minimum absolute atomic E-state index is 0.0788. The molecular weight excluding hydrogens is 490 g/mol. The topological polar surface area (TPSA) is 96.4 Å². The number of sulfonamides is 1. The van der Waals surface area contributed by atoms with E-state index in [4.69, 9.17) is 0 Å². The Hall–Kier alpha value is -3.02. The lowest BCUT2D eigenvalue weighted by molar-refractivity contribution is 0.0696. The van der Waals surface area contributed by atoms with Crippen LogP contribution in [0.2, 0.25) is 0 Å². The number of thiazole rings is 1. The normalized spacial score (nSPS) is 11.6. The van der Waals surface area contributed by atoms with Gasteiger partial charge in [-0.2, -0.15) is 0 Å². The molecule has 0 aliphatic heterocycles. The summed E-state index contributed by atoms with van der Waals surface area (Å²) in [6.45, 7) is 1.59. The van der Waals surface area contributed by atoms with Gasteiger partial charge in [-0.1, -0.05) is 6.07 Å². The average molecular weight is 507 g/mol. The molecule has 0 radical (unpaired) electrons. The minimum Gasteiger partial charge on any atom is -0.478 e. The maximum atomic E-state index is 13.4. The van der Waals surface area contributed by atoms with Gasteiger partial charge in [0, 0.05) is 16.6 Å². The second-order valence-corrected chi connectivity index (χ2v) is 10.9. The van der Waals surface area contributed by atoms with Crippen molar-refractivity contribution in [1.29, 1.82) is 0 Å². The van der Waals surface area contributed by atoms with Gasteiger partial charge in [0.2, 0.25) is 0 Å². The summed E-state index contributed by atoms with van der Waals surface area (Å²) in [6.07, 6.45) is 0. The molecule has 0 saturated carbocycles. The molecule has 6 nitrogen and oxygen atoms in total. The van der Waals surface area contributed by atoms with Crippen molar-refractivity contribution in [3.63, 3.8) is 0 Å². The highest BCUT2D eigenvalue weighted by Crippen LogP contribution is 2.30. The number of fused-ring (bicyclic) bond motifs is 1. The summed E-state index contributed by atoms with van der Waals surface area (Å²) in [4.78, 5) is 16.3. The molecule has 0 amide bonds. The molecule has 170 valence electrons. The fraction of sp³-hybridized carbons (Fsp3) is 0.0909. The third kappa shape index (κ3) is 5.15. The van der Waals surface area contributed by atoms with Crippen LogP contribution in [0.25, 0.3) is 10.2 Å². The lowest BCUT2D eigenvalue weighted by atomic mass is 10.1. The van der Waals surface area contributed by atoms with Crippen LogP contribution in [-0.4, -0.2) is 24.5 Å². The number of hydrogen-bond donors (Lipinski definition) is 2. The number of thioether (sulfide) groups is 1. The molecule has 0 bridgehead atoms. The summed E-state index contributed by atoms with van der Waals surface area (Å²) in [5.41, 5.74) is 1.11. The lowest BCUT2D eigenvalue weighted by Crippen LogP contribution is -2.14. The number of carboxylic acid groups (broad SMARTS) is 1. The molecule has 0 saturated heterocycles. The number of rotatable bonds is 7. The van der Waals surface area contributed by atoms with Crippen molar-refractivity contribution in [1.82, 2.24) is 4.98 Å². The minimum atomic E-state index is -3.97. The second-order valence-electron chi connectivity index (χ2n) is 7.04. The monoisotopic (exact) mass is 506 g/mol. The van der Waals surface area contributed by atoms with E-state index >= 15 is 0 Å². The average Bonchev–Trinajstić information content (AvgIpc) is 3.14. The van der Waals surface area contributed by atoms with Crippen LogP contribution in [0.3, 0.4) is 0 Å². The van der Waals surface area contributed by atoms with Crippen molar-refractivity contribution in [3.8, 4) is 0 Å². The number of hydrogen-bond acceptors (Lipinski definition) is 6. The number of nitrogens with zero attached hydrogens (tertiary/aromatic N) is 1. The van der Waals surface area contributed by atoms with Crippen LogP contribution in [0, 0.1) is 18.6 Å². The number of aryl methyl sites for hydroxylation is 1. The van der Waals surface area contributed by atoms with Crippen molar-refractivity contribution in [2.24, 2.45) is 0 Å². The van der Waals surface area contributed by atoms with Gasteiger partial charge in [-0.3, -0.25) is 4.72 Å². The number of anilines is 1. The zero-order valence-electron chi connectivity index (χ0n) is 17.0. The summed E-state index contributed by atoms with van der Waals surface area (Å²) < 4.78 is 55.0. The Bertz CT molecular complexity index is 1430. The van der Waals surface area contributed by atoms with E-state index in [1.807, 2.05) is 0 Å². The van der Waals surface area contributed by atoms with Gasteiger partial charge in [0.15, 0.2) is 11.6 Å². The molecule has 1 aromatic heterocycles. The van der Waals surface area contributed by atoms with Gasteiger partial charge in [-0.15, -0.1) is 23.1 Å². The maximum Gasteiger partial charge on any atom is 0.335 e. The Morgan fingerprint density at radius 2 is 1.79 bits per heavy atom. The molecule has 0 aliphatic carbocycles. The lowest BCUT2D eigenvalue weighted by Gasteiger charge is -2.10. The van der Waals surface area contributed by atoms with Crippen molar-refractivity contribution < 1.29 is 27.1 Å². The Morgan fingerprint density at radius 3 is 2.48 bits per heavy atom. The molecule has 0 unspecified atom stereocenters. The molecule has 33 heavy (non-hydrogen) atoms. The highest BCUT2D eigenvalue weighted by atomic mass is 32.2. The molecule has 3 aromatic carbocycles. The predicted molar refractivity (Wildman–Crippen MR) is 124 cm³/mol. The third-order valence-corrected chi connectivity index (χ3v) is 8.30. The summed E-state index contributed by atoms with van der Waals surface area (Å²) in [6, 6.07) is 12.8. The Kier molecular flexibility index (Phi) is 6.37. The molecule has 0 fully saturated rings. The highest BCUT2D eigenvalue weighted by Gasteiger charge is 2.18. The zero-order valence-corrected chi connectivity index (χ0v) is 19.5. The summed E-state index contributed by atoms with van der Waals surface area (Å²) in [5, 5.41) is 9.93. The molecule has 4 aromatic rings. The molecule has 0 spiro atoms. The summed E-state index contributed by atoms with van der Waals surface area (Å²) in [7, 11) is -3.97. The summed E-state index contributed by atoms with van der Waals surface area (Å²) >= 11 is 2.72. The number of halogens is 2. The van der Waals surface area contributed by atoms with Gasteiger partial charge in [0.1, 0.15) is 5.01 Å². The van der Waals surface area contributed by atoms with Crippen LogP contribution >= 0.6 is 23.1 Å². The van der Waals surface area contributed by atoms with Gasteiger partial charge in [0.25, 0.3) is 10.0 Å². The van der Waals surface area contributed by atoms with Gasteiger partial charge in [-0.05, 0) is 55.0 Å². The fourth-order valence-corrected chi connectivity index (χ4v) is 5.96. The van der Waals surface area contributed by atoms with Gasteiger partial charge in [0.05, 0.1) is 26.4 Å². The van der Waals surface area contributed by atoms with Crippen molar-refractivity contribution in [2.45, 2.75) is 22.5 Å². The van der Waals surface area contributed by atoms with Crippen LogP contribution < -0.4 is 4.72 Å². The van der Waals surface area contributed by atoms with Crippen molar-refractivity contribution in [2.75, 3.05) is 4.72 Å². The van der Waals surface area contributed by atoms with Gasteiger partial charge >= 0.3 is 5.97 Å². The standard InChI is InChI=1S/C22H16F2N2O4S3/c1-12-2-7-15(8-16(12)22(27)28)33(29,30)26-13-3-5-14(6-4-13)31-11-21-25-19-9-17(23)18(24)10-20(19)32-21/h2-10,26H,11H2,1H3,(H,27,28). The first kappa shape index (κ1) is 23.1. The van der Waals surface area contributed by atoms with E-state index in [0.717, 1.165) is 23.1 Å². The van der Waals surface area contributed by atoms with E-state index < -0.39 is 27.6 Å². The molecule has 2 N–H and O–H groups in total. The number of aromatic nitrogens is 1. The Morgan fingerprint density at radius 1 is 1.09 bits per heavy atom. The fourth-order valence-electron chi connectivity index (χ4n) is 3.01. The smallest absolute Gasteiger partial charge is 0.335 e. The number of nitrogens with one attached hydrogen (secondary N) is 1. The highest BCUT2D eigenvalue weighted by molar-refractivity contribution is 7.98. The number of aromatic carboxylic acids is 1. The first-order valence-electron chi connectivity index (χ1n) is 9.46. The van der Waals surface area contributed by atoms with Crippen LogP contribution in [0.5, 0.6) is 0 Å². The van der Waals surface area contributed by atoms with Crippen molar-refractivity contribution in [3.05, 3.63) is 82.4 Å². The van der Waals surface area contributed by atoms with Crippen LogP contribution in [0.1, 0.15) is 20.9 Å². The molecule has 1 heterocycles. The number of carboxylic acids is 1. The Balaban J connectivity index is 1.44. The van der Waals surface area contributed by atoms with E-state index in [9.17, 15) is 27.1 Å². The van der Waals surface area contributed by atoms with E-state index in [1.165, 1.54) is 35.2 Å². The van der Waals surface area contributed by atoms with Crippen molar-refractivity contribution >= 4 is 55.0 Å². The SMILES string of the molecule is Cc1ccc(S(=O)(=O)Nc2ccc(SCc3nc4cc(F)c(F)cc4s3)cc2)cc1C(=O)O. The molecule has 11 heteroatoms. The van der Waals surface area contributed by atoms with Crippen LogP contribution in [0.4, 0.5) is 14.5 Å². The first-order valence-corrected chi connectivity index (χ1v) is 12.7. The van der Waals surface area contributed by atoms with Crippen LogP contribution in [0.15, 0.2) is 64.4 Å². The van der Waals surface area contributed by atoms with E-state index in [-0.39, 0.29) is 10.5 Å². The second kappa shape index (κ2) is 9.08. The quantitative estimate of drug-likeness (QED) is 0.313. The molecule has 0 aliphatic rings. The van der Waals surface area contributed by atoms with Gasteiger partial charge < -0.3 is 5.11 Å². The number of benzene rings is 3. The largest absolute Gasteiger partial charge is 0.478 e. The third-order valence-electron chi connectivity index (χ3n) is 4.69. The van der Waals surface area contributed by atoms with E-state index in [2.05, 4.69) is 9.71 Å². The molecule has 4 rings (SSSR count). The predicted octanol–water partition coefficient (Wildman–Crippen LogP) is 5.67. The Labute approximate surface area is 196 Å². The maximum absolute atomic E-state index is 13.4. The zero-order chi connectivity index (χ0) is 23.8. The van der Waals surface area contributed by atoms with Crippen LogP contribution in [-0.2, 0) is 15.8 Å². The van der Waals surface area contributed by atoms with E-state index in [0.29, 0.717) is 32.2 Å². The molecular formula is C22H16F2N2O4S3. The van der Waals surface area contributed by atoms with E-state index in [1.54, 1.807) is 31.2 Å². The first-order chi connectivity index (χ1) is 15.6.